The minimum atomic E-state index is -0.674. The summed E-state index contributed by atoms with van der Waals surface area (Å²) in [7, 11) is 0. The van der Waals surface area contributed by atoms with Crippen molar-refractivity contribution in [2.75, 3.05) is 49.5 Å². The van der Waals surface area contributed by atoms with Gasteiger partial charge in [-0.3, -0.25) is 14.8 Å². The SMILES string of the molecule is Cc1nc2ccc(-c3ccnc(NC(=O)OC(C)(C)C)c3)nc2n1-c1cc(F)c(N2CCN(C3CN(C(=O)OC(C)(C)C)C3)CC2)c(F)c1. The van der Waals surface area contributed by atoms with Gasteiger partial charge in [0.25, 0.3) is 0 Å². The Balaban J connectivity index is 1.17. The highest BCUT2D eigenvalue weighted by Crippen LogP contribution is 2.31. The van der Waals surface area contributed by atoms with E-state index in [2.05, 4.69) is 20.2 Å². The highest BCUT2D eigenvalue weighted by atomic mass is 19.1. The molecular formula is C35H42F2N8O4. The van der Waals surface area contributed by atoms with Gasteiger partial charge < -0.3 is 19.3 Å². The Bertz CT molecular complexity index is 1860. The summed E-state index contributed by atoms with van der Waals surface area (Å²) in [4.78, 5) is 43.8. The Morgan fingerprint density at radius 3 is 2.16 bits per heavy atom. The molecule has 49 heavy (non-hydrogen) atoms. The number of aryl methyl sites for hydroxylation is 1. The number of carbonyl (C=O) groups excluding carboxylic acids is 2. The van der Waals surface area contributed by atoms with E-state index in [1.54, 1.807) is 72.5 Å². The van der Waals surface area contributed by atoms with Gasteiger partial charge in [-0.1, -0.05) is 0 Å². The predicted molar refractivity (Wildman–Crippen MR) is 182 cm³/mol. The predicted octanol–water partition coefficient (Wildman–Crippen LogP) is 6.16. The van der Waals surface area contributed by atoms with Crippen LogP contribution in [0.2, 0.25) is 0 Å². The van der Waals surface area contributed by atoms with Crippen LogP contribution in [0.3, 0.4) is 0 Å². The number of hydrogen-bond donors (Lipinski definition) is 1. The number of rotatable bonds is 5. The van der Waals surface area contributed by atoms with Crippen LogP contribution in [0.4, 0.5) is 29.9 Å². The van der Waals surface area contributed by atoms with Gasteiger partial charge in [0.15, 0.2) is 17.3 Å². The molecule has 1 N–H and O–H groups in total. The summed E-state index contributed by atoms with van der Waals surface area (Å²) in [6, 6.07) is 9.81. The fraction of sp³-hybridized carbons (Fsp3) is 0.457. The zero-order valence-electron chi connectivity index (χ0n) is 28.9. The van der Waals surface area contributed by atoms with Gasteiger partial charge in [0.1, 0.15) is 34.0 Å². The van der Waals surface area contributed by atoms with Gasteiger partial charge in [-0.15, -0.1) is 0 Å². The van der Waals surface area contributed by atoms with Crippen molar-refractivity contribution in [2.45, 2.75) is 65.7 Å². The van der Waals surface area contributed by atoms with Crippen LogP contribution in [-0.4, -0.2) is 98.0 Å². The third-order valence-corrected chi connectivity index (χ3v) is 8.28. The standard InChI is InChI=1S/C35H42F2N8O4/c1-21-39-28-9-8-27(22-10-11-38-29(16-22)41-32(46)48-34(2,3)4)40-31(28)45(21)23-17-25(36)30(26(37)18-23)43-14-12-42(13-15-43)24-19-44(20-24)33(47)49-35(5,6)7/h8-11,16-18,24H,12-15,19-20H2,1-7H3,(H,38,41,46). The monoisotopic (exact) mass is 676 g/mol. The number of hydrogen-bond acceptors (Lipinski definition) is 9. The lowest BCUT2D eigenvalue weighted by atomic mass is 10.1. The third kappa shape index (κ3) is 7.58. The van der Waals surface area contributed by atoms with Crippen LogP contribution in [-0.2, 0) is 9.47 Å². The van der Waals surface area contributed by atoms with Crippen molar-refractivity contribution >= 4 is 34.9 Å². The van der Waals surface area contributed by atoms with E-state index < -0.39 is 28.9 Å². The van der Waals surface area contributed by atoms with E-state index in [1.807, 2.05) is 20.8 Å². The summed E-state index contributed by atoms with van der Waals surface area (Å²) in [5, 5.41) is 2.63. The highest BCUT2D eigenvalue weighted by molar-refractivity contribution is 5.85. The maximum Gasteiger partial charge on any atom is 0.413 e. The van der Waals surface area contributed by atoms with Gasteiger partial charge in [0.05, 0.1) is 11.4 Å². The molecular weight excluding hydrogens is 634 g/mol. The molecule has 3 aromatic heterocycles. The molecule has 6 rings (SSSR count). The first kappa shape index (κ1) is 34.0. The Hall–Kier alpha value is -4.85. The van der Waals surface area contributed by atoms with E-state index in [4.69, 9.17) is 14.5 Å². The lowest BCUT2D eigenvalue weighted by molar-refractivity contribution is -0.0162. The Labute approximate surface area is 284 Å². The summed E-state index contributed by atoms with van der Waals surface area (Å²) in [5.74, 6) is -0.544. The average molecular weight is 677 g/mol. The number of pyridine rings is 2. The Morgan fingerprint density at radius 2 is 1.53 bits per heavy atom. The molecule has 2 saturated heterocycles. The second kappa shape index (κ2) is 12.9. The summed E-state index contributed by atoms with van der Waals surface area (Å²) in [6.07, 6.45) is 0.594. The van der Waals surface area contributed by atoms with Crippen LogP contribution >= 0.6 is 0 Å². The average Bonchev–Trinajstić information content (AvgIpc) is 3.30. The van der Waals surface area contributed by atoms with Crippen molar-refractivity contribution < 1.29 is 27.8 Å². The highest BCUT2D eigenvalue weighted by Gasteiger charge is 2.38. The van der Waals surface area contributed by atoms with E-state index in [0.29, 0.717) is 67.5 Å². The first-order valence-corrected chi connectivity index (χ1v) is 16.3. The van der Waals surface area contributed by atoms with Crippen LogP contribution in [0.25, 0.3) is 28.1 Å². The van der Waals surface area contributed by atoms with E-state index >= 15 is 8.78 Å². The van der Waals surface area contributed by atoms with Gasteiger partial charge in [0, 0.05) is 69.2 Å². The number of piperazine rings is 1. The number of anilines is 2. The lowest BCUT2D eigenvalue weighted by Gasteiger charge is -2.48. The molecule has 2 fully saturated rings. The molecule has 0 unspecified atom stereocenters. The fourth-order valence-electron chi connectivity index (χ4n) is 6.06. The molecule has 0 spiro atoms. The molecule has 0 saturated carbocycles. The van der Waals surface area contributed by atoms with E-state index in [0.717, 1.165) is 0 Å². The van der Waals surface area contributed by atoms with Crippen molar-refractivity contribution in [3.05, 3.63) is 60.1 Å². The zero-order chi connectivity index (χ0) is 35.2. The van der Waals surface area contributed by atoms with Crippen molar-refractivity contribution in [3.63, 3.8) is 0 Å². The van der Waals surface area contributed by atoms with Crippen LogP contribution < -0.4 is 10.2 Å². The maximum atomic E-state index is 15.8. The first-order chi connectivity index (χ1) is 23.0. The van der Waals surface area contributed by atoms with Crippen molar-refractivity contribution in [1.29, 1.82) is 0 Å². The van der Waals surface area contributed by atoms with Crippen molar-refractivity contribution in [1.82, 2.24) is 29.3 Å². The normalized spacial score (nSPS) is 16.1. The van der Waals surface area contributed by atoms with Crippen LogP contribution in [0.15, 0.2) is 42.6 Å². The molecule has 5 heterocycles. The quantitative estimate of drug-likeness (QED) is 0.265. The number of likely N-dealkylation sites (tertiary alicyclic amines) is 1. The summed E-state index contributed by atoms with van der Waals surface area (Å²) < 4.78 is 43.9. The second-order valence-electron chi connectivity index (χ2n) is 14.4. The molecule has 12 nitrogen and oxygen atoms in total. The fourth-order valence-corrected chi connectivity index (χ4v) is 6.06. The molecule has 4 aromatic rings. The number of nitrogens with one attached hydrogen (secondary N) is 1. The number of amides is 2. The van der Waals surface area contributed by atoms with Gasteiger partial charge in [-0.05, 0) is 72.7 Å². The van der Waals surface area contributed by atoms with Crippen LogP contribution in [0.1, 0.15) is 47.4 Å². The number of aromatic nitrogens is 4. The van der Waals surface area contributed by atoms with Gasteiger partial charge >= 0.3 is 12.2 Å². The van der Waals surface area contributed by atoms with Gasteiger partial charge in [-0.25, -0.2) is 33.3 Å². The van der Waals surface area contributed by atoms with E-state index in [-0.39, 0.29) is 29.3 Å². The number of carbonyl (C=O) groups is 2. The molecule has 0 atom stereocenters. The topological polar surface area (TPSA) is 118 Å². The minimum Gasteiger partial charge on any atom is -0.444 e. The maximum absolute atomic E-state index is 15.8. The number of imidazole rings is 1. The summed E-state index contributed by atoms with van der Waals surface area (Å²) in [6.45, 7) is 15.9. The lowest BCUT2D eigenvalue weighted by Crippen LogP contribution is -2.64. The molecule has 1 aromatic carbocycles. The first-order valence-electron chi connectivity index (χ1n) is 16.3. The number of fused-ring (bicyclic) bond motifs is 1. The largest absolute Gasteiger partial charge is 0.444 e. The smallest absolute Gasteiger partial charge is 0.413 e. The molecule has 14 heteroatoms. The molecule has 260 valence electrons. The van der Waals surface area contributed by atoms with Gasteiger partial charge in [-0.2, -0.15) is 0 Å². The van der Waals surface area contributed by atoms with Crippen LogP contribution in [0.5, 0.6) is 0 Å². The second-order valence-corrected chi connectivity index (χ2v) is 14.4. The van der Waals surface area contributed by atoms with E-state index in [1.165, 1.54) is 12.1 Å². The number of benzene rings is 1. The molecule has 0 aliphatic carbocycles. The molecule has 2 aliphatic rings. The molecule has 2 aliphatic heterocycles. The van der Waals surface area contributed by atoms with Gasteiger partial charge in [0.2, 0.25) is 0 Å². The summed E-state index contributed by atoms with van der Waals surface area (Å²) >= 11 is 0. The zero-order valence-corrected chi connectivity index (χ0v) is 28.9. The van der Waals surface area contributed by atoms with Crippen molar-refractivity contribution in [2.24, 2.45) is 0 Å². The molecule has 2 amide bonds. The number of halogens is 2. The molecule has 0 radical (unpaired) electrons. The van der Waals surface area contributed by atoms with Crippen LogP contribution in [0, 0.1) is 18.6 Å². The summed E-state index contributed by atoms with van der Waals surface area (Å²) in [5.41, 5.74) is 1.19. The van der Waals surface area contributed by atoms with E-state index in [9.17, 15) is 9.59 Å². The minimum absolute atomic E-state index is 0.0649. The number of nitrogens with zero attached hydrogens (tertiary/aromatic N) is 7. The third-order valence-electron chi connectivity index (χ3n) is 8.28. The Kier molecular flexibility index (Phi) is 8.94. The number of ether oxygens (including phenoxy) is 2. The molecule has 0 bridgehead atoms. The van der Waals surface area contributed by atoms with Crippen molar-refractivity contribution in [3.8, 4) is 16.9 Å². The Morgan fingerprint density at radius 1 is 0.878 bits per heavy atom.